The highest BCUT2D eigenvalue weighted by molar-refractivity contribution is 5.99. The van der Waals surface area contributed by atoms with Crippen LogP contribution in [0.5, 0.6) is 0 Å². The zero-order valence-corrected chi connectivity index (χ0v) is 8.63. The summed E-state index contributed by atoms with van der Waals surface area (Å²) >= 11 is 0. The maximum Gasteiger partial charge on any atom is 0.233 e. The molecule has 79 valence electrons. The molecule has 1 radical (unpaired) electrons. The quantitative estimate of drug-likeness (QED) is 0.846. The van der Waals surface area contributed by atoms with Crippen LogP contribution >= 0.6 is 0 Å². The second-order valence-corrected chi connectivity index (χ2v) is 3.29. The molecule has 1 aromatic carbocycles. The SMILES string of the molecule is O=C([CH]c1ccccc1)Nc1cccnc1. The van der Waals surface area contributed by atoms with E-state index < -0.39 is 0 Å². The first-order valence-electron chi connectivity index (χ1n) is 4.95. The van der Waals surface area contributed by atoms with E-state index in [4.69, 9.17) is 0 Å². The average molecular weight is 211 g/mol. The van der Waals surface area contributed by atoms with Crippen LogP contribution < -0.4 is 5.32 Å². The van der Waals surface area contributed by atoms with Gasteiger partial charge in [-0.1, -0.05) is 30.3 Å². The first-order valence-corrected chi connectivity index (χ1v) is 4.95. The van der Waals surface area contributed by atoms with Gasteiger partial charge in [-0.15, -0.1) is 0 Å². The molecule has 0 atom stereocenters. The molecule has 0 saturated carbocycles. The van der Waals surface area contributed by atoms with Crippen LogP contribution in [0.15, 0.2) is 54.9 Å². The van der Waals surface area contributed by atoms with E-state index in [0.29, 0.717) is 5.69 Å². The molecule has 0 spiro atoms. The van der Waals surface area contributed by atoms with Crippen molar-refractivity contribution in [1.82, 2.24) is 4.98 Å². The second-order valence-electron chi connectivity index (χ2n) is 3.29. The maximum absolute atomic E-state index is 11.6. The first-order chi connectivity index (χ1) is 7.84. The Labute approximate surface area is 94.1 Å². The summed E-state index contributed by atoms with van der Waals surface area (Å²) in [5, 5.41) is 2.73. The predicted octanol–water partition coefficient (Wildman–Crippen LogP) is 2.27. The molecule has 3 heteroatoms. The van der Waals surface area contributed by atoms with Crippen molar-refractivity contribution in [2.24, 2.45) is 0 Å². The molecule has 0 fully saturated rings. The summed E-state index contributed by atoms with van der Waals surface area (Å²) in [6, 6.07) is 13.0. The van der Waals surface area contributed by atoms with Crippen molar-refractivity contribution in [3.05, 3.63) is 66.8 Å². The first kappa shape index (κ1) is 10.4. The van der Waals surface area contributed by atoms with E-state index in [0.717, 1.165) is 5.56 Å². The molecule has 2 aromatic rings. The lowest BCUT2D eigenvalue weighted by Crippen LogP contribution is -2.12. The van der Waals surface area contributed by atoms with Gasteiger partial charge in [0.25, 0.3) is 0 Å². The summed E-state index contributed by atoms with van der Waals surface area (Å²) in [4.78, 5) is 15.5. The monoisotopic (exact) mass is 211 g/mol. The Kier molecular flexibility index (Phi) is 3.28. The Hall–Kier alpha value is -2.16. The van der Waals surface area contributed by atoms with E-state index in [1.54, 1.807) is 30.9 Å². The van der Waals surface area contributed by atoms with Crippen molar-refractivity contribution < 1.29 is 4.79 Å². The highest BCUT2D eigenvalue weighted by Crippen LogP contribution is 2.06. The molecule has 0 bridgehead atoms. The molecular weight excluding hydrogens is 200 g/mol. The number of carbonyl (C=O) groups is 1. The number of amides is 1. The molecule has 0 aliphatic heterocycles. The molecule has 0 aliphatic carbocycles. The Morgan fingerprint density at radius 3 is 2.62 bits per heavy atom. The maximum atomic E-state index is 11.6. The Morgan fingerprint density at radius 2 is 1.94 bits per heavy atom. The fourth-order valence-electron chi connectivity index (χ4n) is 1.32. The van der Waals surface area contributed by atoms with Crippen LogP contribution in [-0.4, -0.2) is 10.9 Å². The van der Waals surface area contributed by atoms with Gasteiger partial charge in [0.15, 0.2) is 0 Å². The zero-order chi connectivity index (χ0) is 11.2. The molecule has 0 unspecified atom stereocenters. The van der Waals surface area contributed by atoms with Gasteiger partial charge in [0.2, 0.25) is 5.91 Å². The minimum Gasteiger partial charge on any atom is -0.324 e. The third-order valence-corrected chi connectivity index (χ3v) is 2.03. The van der Waals surface area contributed by atoms with Crippen LogP contribution in [0.2, 0.25) is 0 Å². The van der Waals surface area contributed by atoms with Crippen LogP contribution in [0.1, 0.15) is 5.56 Å². The number of benzene rings is 1. The number of rotatable bonds is 3. The minimum atomic E-state index is -0.154. The average Bonchev–Trinajstić information content (AvgIpc) is 2.31. The van der Waals surface area contributed by atoms with Crippen LogP contribution in [0.3, 0.4) is 0 Å². The number of anilines is 1. The van der Waals surface area contributed by atoms with Crippen LogP contribution in [-0.2, 0) is 4.79 Å². The molecule has 1 aromatic heterocycles. The Balaban J connectivity index is 1.95. The lowest BCUT2D eigenvalue weighted by Gasteiger charge is -2.03. The van der Waals surface area contributed by atoms with E-state index in [1.165, 1.54) is 0 Å². The van der Waals surface area contributed by atoms with Gasteiger partial charge in [-0.25, -0.2) is 0 Å². The molecule has 16 heavy (non-hydrogen) atoms. The molecular formula is C13H11N2O. The van der Waals surface area contributed by atoms with Crippen molar-refractivity contribution in [2.75, 3.05) is 5.32 Å². The van der Waals surface area contributed by atoms with E-state index in [-0.39, 0.29) is 5.91 Å². The molecule has 2 rings (SSSR count). The number of hydrogen-bond donors (Lipinski definition) is 1. The predicted molar refractivity (Wildman–Crippen MR) is 62.7 cm³/mol. The molecule has 1 heterocycles. The van der Waals surface area contributed by atoms with Gasteiger partial charge in [0, 0.05) is 6.20 Å². The highest BCUT2D eigenvalue weighted by atomic mass is 16.1. The summed E-state index contributed by atoms with van der Waals surface area (Å²) in [5.41, 5.74) is 1.57. The number of aromatic nitrogens is 1. The summed E-state index contributed by atoms with van der Waals surface area (Å²) in [5.74, 6) is -0.154. The summed E-state index contributed by atoms with van der Waals surface area (Å²) < 4.78 is 0. The summed E-state index contributed by atoms with van der Waals surface area (Å²) in [6.07, 6.45) is 4.82. The van der Waals surface area contributed by atoms with Crippen LogP contribution in [0.4, 0.5) is 5.69 Å². The Morgan fingerprint density at radius 1 is 1.12 bits per heavy atom. The number of nitrogens with one attached hydrogen (secondary N) is 1. The van der Waals surface area contributed by atoms with E-state index >= 15 is 0 Å². The number of carbonyl (C=O) groups excluding carboxylic acids is 1. The second kappa shape index (κ2) is 5.07. The lowest BCUT2D eigenvalue weighted by molar-refractivity contribution is -0.112. The van der Waals surface area contributed by atoms with Crippen molar-refractivity contribution >= 4 is 11.6 Å². The van der Waals surface area contributed by atoms with Crippen LogP contribution in [0, 0.1) is 6.42 Å². The number of hydrogen-bond acceptors (Lipinski definition) is 2. The van der Waals surface area contributed by atoms with Crippen molar-refractivity contribution in [2.45, 2.75) is 0 Å². The highest BCUT2D eigenvalue weighted by Gasteiger charge is 2.03. The van der Waals surface area contributed by atoms with Crippen molar-refractivity contribution in [3.63, 3.8) is 0 Å². The van der Waals surface area contributed by atoms with Gasteiger partial charge in [-0.05, 0) is 17.7 Å². The number of pyridine rings is 1. The van der Waals surface area contributed by atoms with Gasteiger partial charge in [-0.3, -0.25) is 9.78 Å². The van der Waals surface area contributed by atoms with Gasteiger partial charge >= 0.3 is 0 Å². The number of nitrogens with zero attached hydrogens (tertiary/aromatic N) is 1. The standard InChI is InChI=1S/C13H11N2O/c16-13(9-11-5-2-1-3-6-11)15-12-7-4-8-14-10-12/h1-10H,(H,15,16). The summed E-state index contributed by atoms with van der Waals surface area (Å²) in [7, 11) is 0. The van der Waals surface area contributed by atoms with Crippen molar-refractivity contribution in [1.29, 1.82) is 0 Å². The smallest absolute Gasteiger partial charge is 0.233 e. The van der Waals surface area contributed by atoms with E-state index in [1.807, 2.05) is 30.3 Å². The molecule has 0 aliphatic rings. The third-order valence-electron chi connectivity index (χ3n) is 2.03. The molecule has 0 saturated heterocycles. The topological polar surface area (TPSA) is 42.0 Å². The lowest BCUT2D eigenvalue weighted by atomic mass is 10.1. The van der Waals surface area contributed by atoms with Gasteiger partial charge in [-0.2, -0.15) is 0 Å². The minimum absolute atomic E-state index is 0.154. The third kappa shape index (κ3) is 2.92. The van der Waals surface area contributed by atoms with Gasteiger partial charge in [0.1, 0.15) is 0 Å². The fraction of sp³-hybridized carbons (Fsp3) is 0. The van der Waals surface area contributed by atoms with Crippen molar-refractivity contribution in [3.8, 4) is 0 Å². The van der Waals surface area contributed by atoms with Crippen LogP contribution in [0.25, 0.3) is 0 Å². The largest absolute Gasteiger partial charge is 0.324 e. The normalized spacial score (nSPS) is 9.75. The summed E-state index contributed by atoms with van der Waals surface area (Å²) in [6.45, 7) is 0. The van der Waals surface area contributed by atoms with E-state index in [9.17, 15) is 4.79 Å². The molecule has 1 amide bonds. The van der Waals surface area contributed by atoms with Gasteiger partial charge < -0.3 is 5.32 Å². The molecule has 3 nitrogen and oxygen atoms in total. The van der Waals surface area contributed by atoms with E-state index in [2.05, 4.69) is 10.3 Å². The fourth-order valence-corrected chi connectivity index (χ4v) is 1.32. The Bertz CT molecular complexity index is 410. The molecule has 1 N–H and O–H groups in total. The van der Waals surface area contributed by atoms with Gasteiger partial charge in [0.05, 0.1) is 18.3 Å². The zero-order valence-electron chi connectivity index (χ0n) is 8.63.